The number of aliphatic hydroxyl groups excluding tert-OH is 1. The third-order valence-electron chi connectivity index (χ3n) is 2.66. The van der Waals surface area contributed by atoms with Crippen LogP contribution < -0.4 is 10.1 Å². The third kappa shape index (κ3) is 2.97. The van der Waals surface area contributed by atoms with Crippen LogP contribution in [0.2, 0.25) is 0 Å². The van der Waals surface area contributed by atoms with Crippen LogP contribution >= 0.6 is 0 Å². The average molecular weight is 223 g/mol. The maximum atomic E-state index is 9.89. The van der Waals surface area contributed by atoms with Crippen molar-refractivity contribution in [3.8, 4) is 5.75 Å². The monoisotopic (exact) mass is 223 g/mol. The zero-order valence-corrected chi connectivity index (χ0v) is 10.4. The first-order valence-corrected chi connectivity index (χ1v) is 5.60. The highest BCUT2D eigenvalue weighted by Crippen LogP contribution is 2.29. The van der Waals surface area contributed by atoms with Crippen LogP contribution in [0.5, 0.6) is 5.75 Å². The second kappa shape index (κ2) is 5.87. The first kappa shape index (κ1) is 13.0. The van der Waals surface area contributed by atoms with E-state index >= 15 is 0 Å². The second-order valence-electron chi connectivity index (χ2n) is 4.23. The standard InChI is InChI=1S/C13H21NO2/c1-9(2)11-7-10(12(15)8-14-3)5-6-13(11)16-4/h5-7,9,12,14-15H,8H2,1-4H3. The van der Waals surface area contributed by atoms with Gasteiger partial charge in [0.1, 0.15) is 5.75 Å². The number of hydrogen-bond acceptors (Lipinski definition) is 3. The van der Waals surface area contributed by atoms with Gasteiger partial charge in [0.25, 0.3) is 0 Å². The zero-order chi connectivity index (χ0) is 12.1. The molecule has 0 saturated heterocycles. The summed E-state index contributed by atoms with van der Waals surface area (Å²) in [5.41, 5.74) is 2.06. The summed E-state index contributed by atoms with van der Waals surface area (Å²) >= 11 is 0. The molecule has 90 valence electrons. The largest absolute Gasteiger partial charge is 0.496 e. The van der Waals surface area contributed by atoms with Crippen molar-refractivity contribution < 1.29 is 9.84 Å². The van der Waals surface area contributed by atoms with Crippen LogP contribution in [-0.2, 0) is 0 Å². The number of benzene rings is 1. The fourth-order valence-corrected chi connectivity index (χ4v) is 1.72. The molecule has 1 atom stereocenters. The highest BCUT2D eigenvalue weighted by Gasteiger charge is 2.12. The molecule has 0 spiro atoms. The van der Waals surface area contributed by atoms with E-state index < -0.39 is 6.10 Å². The Balaban J connectivity index is 3.01. The Bertz CT molecular complexity index is 337. The maximum Gasteiger partial charge on any atom is 0.122 e. The summed E-state index contributed by atoms with van der Waals surface area (Å²) in [6, 6.07) is 5.85. The van der Waals surface area contributed by atoms with Gasteiger partial charge in [-0.15, -0.1) is 0 Å². The smallest absolute Gasteiger partial charge is 0.122 e. The molecule has 0 aliphatic rings. The van der Waals surface area contributed by atoms with Gasteiger partial charge in [0, 0.05) is 6.54 Å². The number of ether oxygens (including phenoxy) is 1. The number of nitrogens with one attached hydrogen (secondary N) is 1. The van der Waals surface area contributed by atoms with Gasteiger partial charge in [0.05, 0.1) is 13.2 Å². The van der Waals surface area contributed by atoms with Gasteiger partial charge < -0.3 is 15.2 Å². The average Bonchev–Trinajstić information content (AvgIpc) is 2.28. The van der Waals surface area contributed by atoms with Crippen LogP contribution in [0.15, 0.2) is 18.2 Å². The van der Waals surface area contributed by atoms with Crippen molar-refractivity contribution in [2.45, 2.75) is 25.9 Å². The molecule has 1 unspecified atom stereocenters. The molecule has 0 bridgehead atoms. The third-order valence-corrected chi connectivity index (χ3v) is 2.66. The first-order valence-electron chi connectivity index (χ1n) is 5.60. The highest BCUT2D eigenvalue weighted by atomic mass is 16.5. The van der Waals surface area contributed by atoms with Gasteiger partial charge in [-0.2, -0.15) is 0 Å². The summed E-state index contributed by atoms with van der Waals surface area (Å²) in [7, 11) is 3.50. The van der Waals surface area contributed by atoms with E-state index in [2.05, 4.69) is 19.2 Å². The topological polar surface area (TPSA) is 41.5 Å². The fraction of sp³-hybridized carbons (Fsp3) is 0.538. The SMILES string of the molecule is CNCC(O)c1ccc(OC)c(C(C)C)c1. The summed E-state index contributed by atoms with van der Waals surface area (Å²) in [5, 5.41) is 12.8. The molecule has 0 saturated carbocycles. The number of aliphatic hydroxyl groups is 1. The van der Waals surface area contributed by atoms with Gasteiger partial charge in [-0.25, -0.2) is 0 Å². The molecule has 0 amide bonds. The normalized spacial score (nSPS) is 12.9. The first-order chi connectivity index (χ1) is 7.60. The Hall–Kier alpha value is -1.06. The molecule has 1 aromatic carbocycles. The van der Waals surface area contributed by atoms with E-state index in [0.717, 1.165) is 16.9 Å². The van der Waals surface area contributed by atoms with E-state index in [1.165, 1.54) is 0 Å². The van der Waals surface area contributed by atoms with Crippen LogP contribution in [0.1, 0.15) is 37.0 Å². The lowest BCUT2D eigenvalue weighted by molar-refractivity contribution is 0.177. The van der Waals surface area contributed by atoms with Crippen molar-refractivity contribution in [1.29, 1.82) is 0 Å². The fourth-order valence-electron chi connectivity index (χ4n) is 1.72. The Morgan fingerprint density at radius 1 is 1.38 bits per heavy atom. The molecule has 3 nitrogen and oxygen atoms in total. The maximum absolute atomic E-state index is 9.89. The second-order valence-corrected chi connectivity index (χ2v) is 4.23. The molecular formula is C13H21NO2. The lowest BCUT2D eigenvalue weighted by Crippen LogP contribution is -2.16. The van der Waals surface area contributed by atoms with Crippen molar-refractivity contribution >= 4 is 0 Å². The van der Waals surface area contributed by atoms with E-state index in [4.69, 9.17) is 4.74 Å². The molecule has 16 heavy (non-hydrogen) atoms. The van der Waals surface area contributed by atoms with Gasteiger partial charge in [-0.3, -0.25) is 0 Å². The quantitative estimate of drug-likeness (QED) is 0.803. The van der Waals surface area contributed by atoms with Gasteiger partial charge in [0.2, 0.25) is 0 Å². The lowest BCUT2D eigenvalue weighted by atomic mass is 9.97. The minimum atomic E-state index is -0.464. The predicted octanol–water partition coefficient (Wildman–Crippen LogP) is 2.07. The molecule has 0 aliphatic heterocycles. The summed E-state index contributed by atoms with van der Waals surface area (Å²) in [5.74, 6) is 1.27. The molecule has 2 N–H and O–H groups in total. The molecule has 3 heteroatoms. The molecule has 0 heterocycles. The van der Waals surface area contributed by atoms with Crippen LogP contribution in [-0.4, -0.2) is 25.8 Å². The lowest BCUT2D eigenvalue weighted by Gasteiger charge is -2.16. The van der Waals surface area contributed by atoms with Crippen LogP contribution in [0.3, 0.4) is 0 Å². The van der Waals surface area contributed by atoms with Crippen molar-refractivity contribution in [1.82, 2.24) is 5.32 Å². The summed E-state index contributed by atoms with van der Waals surface area (Å²) in [6.45, 7) is 4.79. The van der Waals surface area contributed by atoms with Crippen LogP contribution in [0, 0.1) is 0 Å². The molecule has 0 radical (unpaired) electrons. The zero-order valence-electron chi connectivity index (χ0n) is 10.4. The highest BCUT2D eigenvalue weighted by molar-refractivity contribution is 5.40. The van der Waals surface area contributed by atoms with E-state index in [9.17, 15) is 5.11 Å². The van der Waals surface area contributed by atoms with E-state index in [1.54, 1.807) is 7.11 Å². The minimum Gasteiger partial charge on any atom is -0.496 e. The predicted molar refractivity (Wildman–Crippen MR) is 66.0 cm³/mol. The Labute approximate surface area is 97.4 Å². The number of hydrogen-bond donors (Lipinski definition) is 2. The van der Waals surface area contributed by atoms with Gasteiger partial charge in [-0.05, 0) is 36.2 Å². The Kier molecular flexibility index (Phi) is 4.77. The van der Waals surface area contributed by atoms with Crippen LogP contribution in [0.25, 0.3) is 0 Å². The number of rotatable bonds is 5. The minimum absolute atomic E-state index is 0.386. The van der Waals surface area contributed by atoms with E-state index in [0.29, 0.717) is 12.5 Å². The van der Waals surface area contributed by atoms with Crippen molar-refractivity contribution in [2.24, 2.45) is 0 Å². The number of methoxy groups -OCH3 is 1. The summed E-state index contributed by atoms with van der Waals surface area (Å²) in [4.78, 5) is 0. The van der Waals surface area contributed by atoms with Crippen LogP contribution in [0.4, 0.5) is 0 Å². The van der Waals surface area contributed by atoms with Gasteiger partial charge in [-0.1, -0.05) is 19.9 Å². The Morgan fingerprint density at radius 3 is 2.56 bits per heavy atom. The number of likely N-dealkylation sites (N-methyl/N-ethyl adjacent to an activating group) is 1. The van der Waals surface area contributed by atoms with Crippen molar-refractivity contribution in [3.63, 3.8) is 0 Å². The summed E-state index contributed by atoms with van der Waals surface area (Å²) in [6.07, 6.45) is -0.464. The molecule has 0 aliphatic carbocycles. The van der Waals surface area contributed by atoms with Crippen molar-refractivity contribution in [3.05, 3.63) is 29.3 Å². The Morgan fingerprint density at radius 2 is 2.06 bits per heavy atom. The summed E-state index contributed by atoms with van der Waals surface area (Å²) < 4.78 is 5.30. The molecule has 1 aromatic rings. The van der Waals surface area contributed by atoms with E-state index in [-0.39, 0.29) is 0 Å². The molecule has 0 fully saturated rings. The van der Waals surface area contributed by atoms with Gasteiger partial charge >= 0.3 is 0 Å². The van der Waals surface area contributed by atoms with Crippen molar-refractivity contribution in [2.75, 3.05) is 20.7 Å². The van der Waals surface area contributed by atoms with E-state index in [1.807, 2.05) is 25.2 Å². The van der Waals surface area contributed by atoms with Gasteiger partial charge in [0.15, 0.2) is 0 Å². The molecule has 0 aromatic heterocycles. The molecular weight excluding hydrogens is 202 g/mol. The molecule has 1 rings (SSSR count).